The summed E-state index contributed by atoms with van der Waals surface area (Å²) in [5.41, 5.74) is 1.18. The summed E-state index contributed by atoms with van der Waals surface area (Å²) in [6, 6.07) is 6.64. The van der Waals surface area contributed by atoms with Gasteiger partial charge in [-0.15, -0.1) is 24.0 Å². The molecule has 6 heteroatoms. The van der Waals surface area contributed by atoms with Gasteiger partial charge in [-0.3, -0.25) is 4.99 Å². The molecule has 2 atom stereocenters. The Morgan fingerprint density at radius 1 is 1.50 bits per heavy atom. The van der Waals surface area contributed by atoms with Crippen LogP contribution in [0.2, 0.25) is 0 Å². The quantitative estimate of drug-likeness (QED) is 0.418. The fourth-order valence-corrected chi connectivity index (χ4v) is 2.49. The second-order valence-electron chi connectivity index (χ2n) is 4.86. The van der Waals surface area contributed by atoms with Crippen LogP contribution in [0.5, 0.6) is 5.75 Å². The third kappa shape index (κ3) is 4.80. The van der Waals surface area contributed by atoms with Crippen molar-refractivity contribution < 1.29 is 4.74 Å². The molecule has 1 fully saturated rings. The zero-order valence-electron chi connectivity index (χ0n) is 11.9. The predicted octanol–water partition coefficient (Wildman–Crippen LogP) is 3.15. The molecule has 1 aliphatic rings. The highest BCUT2D eigenvalue weighted by Gasteiger charge is 2.33. The smallest absolute Gasteiger partial charge is 0.191 e. The number of aliphatic imine (C=N–C) groups is 1. The molecule has 1 aliphatic carbocycles. The highest BCUT2D eigenvalue weighted by atomic mass is 127. The SMILES string of the molecule is CN=C(NCc1ccc(OC)c(Br)c1)NC1CC1C.I. The second kappa shape index (κ2) is 8.07. The maximum Gasteiger partial charge on any atom is 0.191 e. The van der Waals surface area contributed by atoms with E-state index in [4.69, 9.17) is 4.74 Å². The van der Waals surface area contributed by atoms with Crippen LogP contribution in [0.4, 0.5) is 0 Å². The van der Waals surface area contributed by atoms with E-state index < -0.39 is 0 Å². The molecule has 1 saturated carbocycles. The van der Waals surface area contributed by atoms with Gasteiger partial charge in [0, 0.05) is 19.6 Å². The summed E-state index contributed by atoms with van der Waals surface area (Å²) in [5, 5.41) is 6.72. The van der Waals surface area contributed by atoms with E-state index in [1.807, 2.05) is 12.1 Å². The molecule has 2 rings (SSSR count). The Labute approximate surface area is 145 Å². The summed E-state index contributed by atoms with van der Waals surface area (Å²) in [7, 11) is 3.47. The first kappa shape index (κ1) is 17.6. The molecule has 2 N–H and O–H groups in total. The fraction of sp³-hybridized carbons (Fsp3) is 0.500. The third-order valence-corrected chi connectivity index (χ3v) is 3.95. The van der Waals surface area contributed by atoms with E-state index in [2.05, 4.69) is 44.5 Å². The maximum absolute atomic E-state index is 5.22. The summed E-state index contributed by atoms with van der Waals surface area (Å²) < 4.78 is 6.18. The lowest BCUT2D eigenvalue weighted by atomic mass is 10.2. The van der Waals surface area contributed by atoms with Crippen LogP contribution in [-0.2, 0) is 6.54 Å². The van der Waals surface area contributed by atoms with Crippen LogP contribution in [0.3, 0.4) is 0 Å². The first-order valence-corrected chi connectivity index (χ1v) is 7.23. The molecule has 4 nitrogen and oxygen atoms in total. The molecule has 0 radical (unpaired) electrons. The molecule has 0 saturated heterocycles. The normalized spacial score (nSPS) is 20.9. The molecular formula is C14H21BrIN3O. The van der Waals surface area contributed by atoms with Gasteiger partial charge in [0.1, 0.15) is 5.75 Å². The molecule has 0 spiro atoms. The van der Waals surface area contributed by atoms with Crippen molar-refractivity contribution in [2.45, 2.75) is 25.9 Å². The van der Waals surface area contributed by atoms with E-state index in [1.54, 1.807) is 14.2 Å². The number of methoxy groups -OCH3 is 1. The standard InChI is InChI=1S/C14H20BrN3O.HI/c1-9-6-12(9)18-14(16-2)17-8-10-4-5-13(19-3)11(15)7-10;/h4-5,7,9,12H,6,8H2,1-3H3,(H2,16,17,18);1H. The van der Waals surface area contributed by atoms with E-state index in [1.165, 1.54) is 12.0 Å². The number of nitrogens with one attached hydrogen (secondary N) is 2. The van der Waals surface area contributed by atoms with E-state index in [-0.39, 0.29) is 24.0 Å². The number of nitrogens with zero attached hydrogens (tertiary/aromatic N) is 1. The van der Waals surface area contributed by atoms with Crippen molar-refractivity contribution in [2.24, 2.45) is 10.9 Å². The van der Waals surface area contributed by atoms with Gasteiger partial charge >= 0.3 is 0 Å². The average Bonchev–Trinajstić information content (AvgIpc) is 3.10. The van der Waals surface area contributed by atoms with Crippen LogP contribution < -0.4 is 15.4 Å². The Hall–Kier alpha value is -0.500. The van der Waals surface area contributed by atoms with Crippen LogP contribution >= 0.6 is 39.9 Å². The summed E-state index contributed by atoms with van der Waals surface area (Å²) in [4.78, 5) is 4.23. The van der Waals surface area contributed by atoms with Gasteiger partial charge in [0.25, 0.3) is 0 Å². The molecule has 0 aliphatic heterocycles. The van der Waals surface area contributed by atoms with E-state index in [0.717, 1.165) is 28.6 Å². The molecule has 20 heavy (non-hydrogen) atoms. The van der Waals surface area contributed by atoms with Gasteiger partial charge in [-0.05, 0) is 46.0 Å². The van der Waals surface area contributed by atoms with Gasteiger partial charge in [0.15, 0.2) is 5.96 Å². The van der Waals surface area contributed by atoms with Crippen molar-refractivity contribution in [3.05, 3.63) is 28.2 Å². The predicted molar refractivity (Wildman–Crippen MR) is 97.0 cm³/mol. The van der Waals surface area contributed by atoms with Crippen molar-refractivity contribution >= 4 is 45.9 Å². The lowest BCUT2D eigenvalue weighted by Crippen LogP contribution is -2.38. The highest BCUT2D eigenvalue weighted by molar-refractivity contribution is 14.0. The van der Waals surface area contributed by atoms with Gasteiger partial charge < -0.3 is 15.4 Å². The van der Waals surface area contributed by atoms with Crippen LogP contribution in [0.15, 0.2) is 27.7 Å². The zero-order valence-corrected chi connectivity index (χ0v) is 15.9. The van der Waals surface area contributed by atoms with Crippen molar-refractivity contribution in [3.63, 3.8) is 0 Å². The average molecular weight is 454 g/mol. The first-order valence-electron chi connectivity index (χ1n) is 6.43. The number of ether oxygens (including phenoxy) is 1. The number of guanidine groups is 1. The Balaban J connectivity index is 0.00000200. The topological polar surface area (TPSA) is 45.7 Å². The van der Waals surface area contributed by atoms with Gasteiger partial charge in [-0.25, -0.2) is 0 Å². The maximum atomic E-state index is 5.22. The van der Waals surface area contributed by atoms with Gasteiger partial charge in [0.05, 0.1) is 11.6 Å². The molecule has 0 bridgehead atoms. The number of hydrogen-bond donors (Lipinski definition) is 2. The molecule has 112 valence electrons. The number of rotatable bonds is 4. The van der Waals surface area contributed by atoms with Crippen molar-refractivity contribution in [1.29, 1.82) is 0 Å². The third-order valence-electron chi connectivity index (χ3n) is 3.33. The van der Waals surface area contributed by atoms with Gasteiger partial charge in [-0.1, -0.05) is 13.0 Å². The molecule has 0 heterocycles. The monoisotopic (exact) mass is 453 g/mol. The molecule has 0 amide bonds. The van der Waals surface area contributed by atoms with Crippen molar-refractivity contribution in [2.75, 3.05) is 14.2 Å². The van der Waals surface area contributed by atoms with Crippen molar-refractivity contribution in [3.8, 4) is 5.75 Å². The Bertz CT molecular complexity index is 481. The number of hydrogen-bond acceptors (Lipinski definition) is 2. The lowest BCUT2D eigenvalue weighted by molar-refractivity contribution is 0.412. The molecule has 1 aromatic carbocycles. The van der Waals surface area contributed by atoms with Gasteiger partial charge in [-0.2, -0.15) is 0 Å². The molecular weight excluding hydrogens is 433 g/mol. The van der Waals surface area contributed by atoms with E-state index >= 15 is 0 Å². The Kier molecular flexibility index (Phi) is 7.08. The highest BCUT2D eigenvalue weighted by Crippen LogP contribution is 2.28. The minimum absolute atomic E-state index is 0. The number of halogens is 2. The van der Waals surface area contributed by atoms with Crippen LogP contribution in [0.1, 0.15) is 18.9 Å². The minimum atomic E-state index is 0. The number of benzene rings is 1. The van der Waals surface area contributed by atoms with E-state index in [9.17, 15) is 0 Å². The Morgan fingerprint density at radius 3 is 2.70 bits per heavy atom. The minimum Gasteiger partial charge on any atom is -0.496 e. The van der Waals surface area contributed by atoms with Crippen LogP contribution in [0.25, 0.3) is 0 Å². The largest absolute Gasteiger partial charge is 0.496 e. The molecule has 2 unspecified atom stereocenters. The van der Waals surface area contributed by atoms with Crippen LogP contribution in [-0.4, -0.2) is 26.2 Å². The zero-order chi connectivity index (χ0) is 13.8. The lowest BCUT2D eigenvalue weighted by Gasteiger charge is -2.12. The Morgan fingerprint density at radius 2 is 2.20 bits per heavy atom. The first-order chi connectivity index (χ1) is 9.13. The van der Waals surface area contributed by atoms with E-state index in [0.29, 0.717) is 6.04 Å². The second-order valence-corrected chi connectivity index (χ2v) is 5.71. The van der Waals surface area contributed by atoms with Crippen LogP contribution in [0, 0.1) is 5.92 Å². The molecule has 1 aromatic rings. The van der Waals surface area contributed by atoms with Crippen molar-refractivity contribution in [1.82, 2.24) is 10.6 Å². The molecule has 0 aromatic heterocycles. The fourth-order valence-electron chi connectivity index (χ4n) is 1.90. The summed E-state index contributed by atoms with van der Waals surface area (Å²) in [5.74, 6) is 2.47. The van der Waals surface area contributed by atoms with Gasteiger partial charge in [0.2, 0.25) is 0 Å². The summed E-state index contributed by atoms with van der Waals surface area (Å²) in [6.07, 6.45) is 1.23. The summed E-state index contributed by atoms with van der Waals surface area (Å²) >= 11 is 3.49. The summed E-state index contributed by atoms with van der Waals surface area (Å²) in [6.45, 7) is 2.98.